The van der Waals surface area contributed by atoms with Crippen LogP contribution in [-0.4, -0.2) is 5.97 Å². The lowest BCUT2D eigenvalue weighted by atomic mass is 10.2. The van der Waals surface area contributed by atoms with Gasteiger partial charge >= 0.3 is 5.97 Å². The van der Waals surface area contributed by atoms with Crippen molar-refractivity contribution in [2.24, 2.45) is 0 Å². The molecule has 0 N–H and O–H groups in total. The van der Waals surface area contributed by atoms with Crippen LogP contribution in [0.15, 0.2) is 28.7 Å². The molecule has 0 heterocycles. The number of hydrogen-bond donors (Lipinski definition) is 0. The molecule has 0 aliphatic carbocycles. The summed E-state index contributed by atoms with van der Waals surface area (Å²) < 4.78 is 5.82. The van der Waals surface area contributed by atoms with E-state index in [0.717, 1.165) is 10.0 Å². The van der Waals surface area contributed by atoms with E-state index in [0.29, 0.717) is 6.61 Å². The first-order valence-electron chi connectivity index (χ1n) is 3.56. The molecule has 0 aromatic heterocycles. The molecule has 0 saturated heterocycles. The summed E-state index contributed by atoms with van der Waals surface area (Å²) >= 11 is 3.33. The number of ether oxygens (including phenoxy) is 1. The van der Waals surface area contributed by atoms with Crippen molar-refractivity contribution in [2.45, 2.75) is 13.5 Å². The fourth-order valence-corrected chi connectivity index (χ4v) is 1.26. The van der Waals surface area contributed by atoms with Gasteiger partial charge in [0, 0.05) is 11.4 Å². The van der Waals surface area contributed by atoms with E-state index >= 15 is 0 Å². The fraction of sp³-hybridized carbons (Fsp3) is 0.222. The Morgan fingerprint density at radius 1 is 1.58 bits per heavy atom. The van der Waals surface area contributed by atoms with Crippen LogP contribution in [0.2, 0.25) is 0 Å². The molecule has 2 nitrogen and oxygen atoms in total. The first kappa shape index (κ1) is 9.26. The lowest BCUT2D eigenvalue weighted by molar-refractivity contribution is -0.142. The van der Waals surface area contributed by atoms with Crippen molar-refractivity contribution >= 4 is 21.9 Å². The van der Waals surface area contributed by atoms with Crippen LogP contribution >= 0.6 is 15.9 Å². The molecule has 1 aromatic rings. The molecule has 0 bridgehead atoms. The van der Waals surface area contributed by atoms with Crippen molar-refractivity contribution in [1.82, 2.24) is 0 Å². The summed E-state index contributed by atoms with van der Waals surface area (Å²) in [6.07, 6.45) is 0. The number of carbonyl (C=O) groups is 1. The Morgan fingerprint density at radius 2 is 2.33 bits per heavy atom. The average Bonchev–Trinajstić information content (AvgIpc) is 2.01. The van der Waals surface area contributed by atoms with Gasteiger partial charge in [-0.3, -0.25) is 4.79 Å². The number of benzene rings is 1. The van der Waals surface area contributed by atoms with E-state index in [4.69, 9.17) is 4.74 Å². The quantitative estimate of drug-likeness (QED) is 0.728. The van der Waals surface area contributed by atoms with E-state index in [2.05, 4.69) is 15.9 Å². The molecule has 12 heavy (non-hydrogen) atoms. The maximum absolute atomic E-state index is 10.5. The molecule has 0 saturated carbocycles. The molecular weight excluding hydrogens is 220 g/mol. The van der Waals surface area contributed by atoms with Gasteiger partial charge in [-0.05, 0) is 17.7 Å². The Morgan fingerprint density at radius 3 is 2.92 bits per heavy atom. The fourth-order valence-electron chi connectivity index (χ4n) is 0.812. The van der Waals surface area contributed by atoms with Crippen molar-refractivity contribution in [2.75, 3.05) is 0 Å². The minimum absolute atomic E-state index is 0.255. The third-order valence-corrected chi connectivity index (χ3v) is 1.82. The van der Waals surface area contributed by atoms with Crippen molar-refractivity contribution in [3.63, 3.8) is 0 Å². The van der Waals surface area contributed by atoms with E-state index in [1.165, 1.54) is 6.92 Å². The van der Waals surface area contributed by atoms with Gasteiger partial charge < -0.3 is 4.74 Å². The Balaban J connectivity index is 2.57. The Bertz CT molecular complexity index is 284. The molecule has 3 heteroatoms. The SMILES string of the molecule is CC(=O)OCc1cccc(Br)c1. The van der Waals surface area contributed by atoms with Gasteiger partial charge in [-0.1, -0.05) is 28.1 Å². The maximum atomic E-state index is 10.5. The zero-order valence-corrected chi connectivity index (χ0v) is 8.30. The summed E-state index contributed by atoms with van der Waals surface area (Å²) in [4.78, 5) is 10.5. The van der Waals surface area contributed by atoms with Crippen LogP contribution in [0.25, 0.3) is 0 Å². The maximum Gasteiger partial charge on any atom is 0.302 e. The Kier molecular flexibility index (Phi) is 3.29. The second-order valence-electron chi connectivity index (χ2n) is 2.41. The minimum atomic E-state index is -0.255. The predicted molar refractivity (Wildman–Crippen MR) is 49.6 cm³/mol. The molecule has 1 aromatic carbocycles. The zero-order chi connectivity index (χ0) is 8.97. The molecule has 0 radical (unpaired) electrons. The highest BCUT2D eigenvalue weighted by Gasteiger charge is 1.95. The Hall–Kier alpha value is -0.830. The third kappa shape index (κ3) is 3.05. The topological polar surface area (TPSA) is 26.3 Å². The van der Waals surface area contributed by atoms with Gasteiger partial charge in [-0.25, -0.2) is 0 Å². The molecule has 0 unspecified atom stereocenters. The molecule has 64 valence electrons. The van der Waals surface area contributed by atoms with Crippen LogP contribution in [0.5, 0.6) is 0 Å². The van der Waals surface area contributed by atoms with E-state index in [1.54, 1.807) is 0 Å². The molecule has 0 spiro atoms. The molecule has 0 atom stereocenters. The van der Waals surface area contributed by atoms with E-state index in [1.807, 2.05) is 24.3 Å². The lowest BCUT2D eigenvalue weighted by Gasteiger charge is -2.01. The van der Waals surface area contributed by atoms with Crippen LogP contribution in [0.4, 0.5) is 0 Å². The van der Waals surface area contributed by atoms with Crippen LogP contribution < -0.4 is 0 Å². The van der Waals surface area contributed by atoms with Crippen molar-refractivity contribution in [3.05, 3.63) is 34.3 Å². The van der Waals surface area contributed by atoms with E-state index in [9.17, 15) is 4.79 Å². The van der Waals surface area contributed by atoms with Gasteiger partial charge in [0.25, 0.3) is 0 Å². The summed E-state index contributed by atoms with van der Waals surface area (Å²) in [7, 11) is 0. The lowest BCUT2D eigenvalue weighted by Crippen LogP contribution is -1.98. The predicted octanol–water partition coefficient (Wildman–Crippen LogP) is 2.51. The highest BCUT2D eigenvalue weighted by molar-refractivity contribution is 9.10. The summed E-state index contributed by atoms with van der Waals surface area (Å²) in [5.74, 6) is -0.255. The number of carbonyl (C=O) groups excluding carboxylic acids is 1. The van der Waals surface area contributed by atoms with Crippen molar-refractivity contribution < 1.29 is 9.53 Å². The first-order valence-corrected chi connectivity index (χ1v) is 4.35. The van der Waals surface area contributed by atoms with Gasteiger partial charge in [0.1, 0.15) is 6.61 Å². The molecule has 0 aliphatic rings. The average molecular weight is 229 g/mol. The summed E-state index contributed by atoms with van der Waals surface area (Å²) in [5.41, 5.74) is 0.986. The molecular formula is C9H9BrO2. The minimum Gasteiger partial charge on any atom is -0.461 e. The second-order valence-corrected chi connectivity index (χ2v) is 3.33. The van der Waals surface area contributed by atoms with Crippen molar-refractivity contribution in [1.29, 1.82) is 0 Å². The van der Waals surface area contributed by atoms with Crippen LogP contribution in [0.3, 0.4) is 0 Å². The Labute approximate surface area is 79.7 Å². The van der Waals surface area contributed by atoms with Crippen LogP contribution in [0.1, 0.15) is 12.5 Å². The monoisotopic (exact) mass is 228 g/mol. The van der Waals surface area contributed by atoms with Crippen LogP contribution in [-0.2, 0) is 16.1 Å². The summed E-state index contributed by atoms with van der Waals surface area (Å²) in [5, 5.41) is 0. The van der Waals surface area contributed by atoms with E-state index < -0.39 is 0 Å². The van der Waals surface area contributed by atoms with Gasteiger partial charge in [-0.15, -0.1) is 0 Å². The smallest absolute Gasteiger partial charge is 0.302 e. The van der Waals surface area contributed by atoms with Gasteiger partial charge in [0.05, 0.1) is 0 Å². The largest absolute Gasteiger partial charge is 0.461 e. The van der Waals surface area contributed by atoms with E-state index in [-0.39, 0.29) is 5.97 Å². The molecule has 1 rings (SSSR count). The highest BCUT2D eigenvalue weighted by atomic mass is 79.9. The summed E-state index contributed by atoms with van der Waals surface area (Å²) in [6.45, 7) is 1.74. The molecule has 0 amide bonds. The molecule has 0 aliphatic heterocycles. The third-order valence-electron chi connectivity index (χ3n) is 1.33. The number of esters is 1. The number of hydrogen-bond acceptors (Lipinski definition) is 2. The summed E-state index contributed by atoms with van der Waals surface area (Å²) in [6, 6.07) is 7.66. The molecule has 0 fully saturated rings. The number of rotatable bonds is 2. The normalized spacial score (nSPS) is 9.50. The van der Waals surface area contributed by atoms with Crippen LogP contribution in [0, 0.1) is 0 Å². The first-order chi connectivity index (χ1) is 5.68. The zero-order valence-electron chi connectivity index (χ0n) is 6.71. The van der Waals surface area contributed by atoms with Crippen molar-refractivity contribution in [3.8, 4) is 0 Å². The standard InChI is InChI=1S/C9H9BrO2/c1-7(11)12-6-8-3-2-4-9(10)5-8/h2-5H,6H2,1H3. The number of halogens is 1. The van der Waals surface area contributed by atoms with Gasteiger partial charge in [0.2, 0.25) is 0 Å². The highest BCUT2D eigenvalue weighted by Crippen LogP contribution is 2.12. The second kappa shape index (κ2) is 4.26. The van der Waals surface area contributed by atoms with Gasteiger partial charge in [0.15, 0.2) is 0 Å². The van der Waals surface area contributed by atoms with Gasteiger partial charge in [-0.2, -0.15) is 0 Å².